The molecule has 0 fully saturated rings. The summed E-state index contributed by atoms with van der Waals surface area (Å²) < 4.78 is 27.1. The standard InChI is InChI=1S/C24H27N3O5S/c1-5-25(6-2)33(31,32)18-8-10-21-17(14-18)11-12-26(21)22(28)16(4)27-23(29)19-9-7-15(3)13-20(19)24(27)30/h7-10,13-14,16H,5-6,11-12H2,1-4H3/t16-/m1/s1. The highest BCUT2D eigenvalue weighted by Gasteiger charge is 2.43. The number of carbonyl (C=O) groups excluding carboxylic acids is 3. The third-order valence-corrected chi connectivity index (χ3v) is 8.42. The second-order valence-electron chi connectivity index (χ2n) is 8.33. The van der Waals surface area contributed by atoms with E-state index in [9.17, 15) is 22.8 Å². The summed E-state index contributed by atoms with van der Waals surface area (Å²) in [5.74, 6) is -1.32. The lowest BCUT2D eigenvalue weighted by Crippen LogP contribution is -2.49. The molecule has 2 aromatic carbocycles. The van der Waals surface area contributed by atoms with Gasteiger partial charge in [-0.2, -0.15) is 4.31 Å². The predicted octanol–water partition coefficient (Wildman–Crippen LogP) is 2.60. The third kappa shape index (κ3) is 3.65. The predicted molar refractivity (Wildman–Crippen MR) is 124 cm³/mol. The lowest BCUT2D eigenvalue weighted by Gasteiger charge is -2.27. The Bertz CT molecular complexity index is 1270. The zero-order valence-electron chi connectivity index (χ0n) is 19.2. The van der Waals surface area contributed by atoms with Crippen molar-refractivity contribution in [2.45, 2.75) is 45.1 Å². The van der Waals surface area contributed by atoms with Crippen molar-refractivity contribution in [1.29, 1.82) is 0 Å². The normalized spacial score (nSPS) is 16.4. The van der Waals surface area contributed by atoms with Crippen LogP contribution in [0.25, 0.3) is 0 Å². The molecule has 33 heavy (non-hydrogen) atoms. The van der Waals surface area contributed by atoms with Gasteiger partial charge in [0.05, 0.1) is 16.0 Å². The summed E-state index contributed by atoms with van der Waals surface area (Å²) in [6.45, 7) is 8.07. The molecular weight excluding hydrogens is 442 g/mol. The fourth-order valence-corrected chi connectivity index (χ4v) is 6.05. The van der Waals surface area contributed by atoms with Gasteiger partial charge in [0.1, 0.15) is 6.04 Å². The molecule has 2 aliphatic heterocycles. The minimum absolute atomic E-state index is 0.197. The first-order valence-electron chi connectivity index (χ1n) is 11.0. The molecule has 0 unspecified atom stereocenters. The van der Waals surface area contributed by atoms with E-state index in [2.05, 4.69) is 0 Å². The molecule has 2 heterocycles. The van der Waals surface area contributed by atoms with Crippen LogP contribution < -0.4 is 4.90 Å². The minimum Gasteiger partial charge on any atom is -0.310 e. The summed E-state index contributed by atoms with van der Waals surface area (Å²) >= 11 is 0. The lowest BCUT2D eigenvalue weighted by molar-refractivity contribution is -0.121. The molecule has 4 rings (SSSR count). The molecule has 0 bridgehead atoms. The molecule has 3 amide bonds. The fourth-order valence-electron chi connectivity index (χ4n) is 4.54. The maximum atomic E-state index is 13.3. The number of hydrogen-bond acceptors (Lipinski definition) is 5. The number of rotatable bonds is 6. The van der Waals surface area contributed by atoms with E-state index in [-0.39, 0.29) is 10.8 Å². The van der Waals surface area contributed by atoms with Crippen LogP contribution in [0.15, 0.2) is 41.3 Å². The van der Waals surface area contributed by atoms with Crippen molar-refractivity contribution in [3.8, 4) is 0 Å². The Hall–Kier alpha value is -3.04. The van der Waals surface area contributed by atoms with Gasteiger partial charge in [-0.1, -0.05) is 25.5 Å². The first-order valence-corrected chi connectivity index (χ1v) is 12.5. The number of amides is 3. The molecule has 0 aliphatic carbocycles. The molecule has 2 aromatic rings. The van der Waals surface area contributed by atoms with E-state index in [4.69, 9.17) is 0 Å². The number of hydrogen-bond donors (Lipinski definition) is 0. The van der Waals surface area contributed by atoms with Gasteiger partial charge in [0.25, 0.3) is 11.8 Å². The van der Waals surface area contributed by atoms with Crippen molar-refractivity contribution < 1.29 is 22.8 Å². The highest BCUT2D eigenvalue weighted by Crippen LogP contribution is 2.33. The van der Waals surface area contributed by atoms with Gasteiger partial charge in [-0.15, -0.1) is 0 Å². The molecule has 0 N–H and O–H groups in total. The van der Waals surface area contributed by atoms with E-state index in [0.717, 1.165) is 16.0 Å². The van der Waals surface area contributed by atoms with Gasteiger partial charge in [0.2, 0.25) is 15.9 Å². The summed E-state index contributed by atoms with van der Waals surface area (Å²) in [5, 5.41) is 0. The number of fused-ring (bicyclic) bond motifs is 2. The van der Waals surface area contributed by atoms with Crippen LogP contribution in [0.5, 0.6) is 0 Å². The van der Waals surface area contributed by atoms with E-state index in [0.29, 0.717) is 42.9 Å². The number of benzene rings is 2. The van der Waals surface area contributed by atoms with Gasteiger partial charge >= 0.3 is 0 Å². The molecule has 9 heteroatoms. The number of carbonyl (C=O) groups is 3. The van der Waals surface area contributed by atoms with E-state index >= 15 is 0 Å². The van der Waals surface area contributed by atoms with Crippen molar-refractivity contribution in [1.82, 2.24) is 9.21 Å². The van der Waals surface area contributed by atoms with E-state index in [1.54, 1.807) is 51.1 Å². The first kappa shape index (κ1) is 23.1. The van der Waals surface area contributed by atoms with Crippen molar-refractivity contribution in [2.24, 2.45) is 0 Å². The van der Waals surface area contributed by atoms with Crippen LogP contribution in [0.4, 0.5) is 5.69 Å². The van der Waals surface area contributed by atoms with Crippen LogP contribution in [0.3, 0.4) is 0 Å². The minimum atomic E-state index is -3.61. The Morgan fingerprint density at radius 1 is 1.03 bits per heavy atom. The number of imide groups is 1. The van der Waals surface area contributed by atoms with Crippen molar-refractivity contribution in [3.05, 3.63) is 58.7 Å². The van der Waals surface area contributed by atoms with E-state index in [1.165, 1.54) is 15.3 Å². The highest BCUT2D eigenvalue weighted by atomic mass is 32.2. The van der Waals surface area contributed by atoms with Crippen LogP contribution in [-0.2, 0) is 21.2 Å². The number of aryl methyl sites for hydroxylation is 1. The molecular formula is C24H27N3O5S. The Morgan fingerprint density at radius 3 is 2.36 bits per heavy atom. The average molecular weight is 470 g/mol. The van der Waals surface area contributed by atoms with Crippen molar-refractivity contribution in [3.63, 3.8) is 0 Å². The largest absolute Gasteiger partial charge is 0.310 e. The molecule has 0 aromatic heterocycles. The molecule has 0 saturated heterocycles. The Labute approximate surface area is 193 Å². The fraction of sp³-hybridized carbons (Fsp3) is 0.375. The van der Waals surface area contributed by atoms with Crippen LogP contribution in [-0.4, -0.2) is 61.0 Å². The average Bonchev–Trinajstić information content (AvgIpc) is 3.31. The highest BCUT2D eigenvalue weighted by molar-refractivity contribution is 7.89. The monoisotopic (exact) mass is 469 g/mol. The van der Waals surface area contributed by atoms with Gasteiger partial charge in [-0.25, -0.2) is 8.42 Å². The summed E-state index contributed by atoms with van der Waals surface area (Å²) in [4.78, 5) is 41.9. The van der Waals surface area contributed by atoms with Crippen LogP contribution >= 0.6 is 0 Å². The number of anilines is 1. The maximum Gasteiger partial charge on any atom is 0.262 e. The molecule has 0 spiro atoms. The van der Waals surface area contributed by atoms with Gasteiger partial charge < -0.3 is 4.90 Å². The summed E-state index contributed by atoms with van der Waals surface area (Å²) in [7, 11) is -3.61. The molecule has 0 radical (unpaired) electrons. The molecule has 2 aliphatic rings. The first-order chi connectivity index (χ1) is 15.6. The van der Waals surface area contributed by atoms with E-state index < -0.39 is 27.9 Å². The maximum absolute atomic E-state index is 13.3. The topological polar surface area (TPSA) is 95.1 Å². The van der Waals surface area contributed by atoms with Gasteiger partial charge in [0, 0.05) is 25.3 Å². The zero-order valence-corrected chi connectivity index (χ0v) is 20.0. The smallest absolute Gasteiger partial charge is 0.262 e. The molecule has 0 saturated carbocycles. The number of nitrogens with zero attached hydrogens (tertiary/aromatic N) is 3. The Kier molecular flexibility index (Phi) is 5.88. The van der Waals surface area contributed by atoms with Crippen LogP contribution in [0.2, 0.25) is 0 Å². The molecule has 174 valence electrons. The summed E-state index contributed by atoms with van der Waals surface area (Å²) in [6.07, 6.45) is 0.497. The van der Waals surface area contributed by atoms with Crippen LogP contribution in [0, 0.1) is 6.92 Å². The second kappa shape index (κ2) is 8.39. The molecule has 1 atom stereocenters. The Morgan fingerprint density at radius 2 is 1.70 bits per heavy atom. The van der Waals surface area contributed by atoms with E-state index in [1.807, 2.05) is 6.92 Å². The molecule has 8 nitrogen and oxygen atoms in total. The number of sulfonamides is 1. The van der Waals surface area contributed by atoms with Crippen molar-refractivity contribution in [2.75, 3.05) is 24.5 Å². The third-order valence-electron chi connectivity index (χ3n) is 6.37. The van der Waals surface area contributed by atoms with Gasteiger partial charge in [-0.3, -0.25) is 19.3 Å². The van der Waals surface area contributed by atoms with Gasteiger partial charge in [-0.05, 0) is 56.2 Å². The van der Waals surface area contributed by atoms with Crippen LogP contribution in [0.1, 0.15) is 52.6 Å². The Balaban J connectivity index is 1.60. The SMILES string of the molecule is CCN(CC)S(=O)(=O)c1ccc2c(c1)CCN2C(=O)[C@@H](C)N1C(=O)c2ccc(C)cc2C1=O. The van der Waals surface area contributed by atoms with Crippen molar-refractivity contribution >= 4 is 33.4 Å². The second-order valence-corrected chi connectivity index (χ2v) is 10.3. The zero-order chi connectivity index (χ0) is 24.1. The van der Waals surface area contributed by atoms with Gasteiger partial charge in [0.15, 0.2) is 0 Å². The summed E-state index contributed by atoms with van der Waals surface area (Å²) in [6, 6.07) is 8.82. The summed E-state index contributed by atoms with van der Waals surface area (Å²) in [5.41, 5.74) is 2.84. The lowest BCUT2D eigenvalue weighted by atomic mass is 10.1. The quantitative estimate of drug-likeness (QED) is 0.606.